The molecule has 0 spiro atoms. The lowest BCUT2D eigenvalue weighted by Gasteiger charge is -2.14. The van der Waals surface area contributed by atoms with Crippen molar-refractivity contribution in [1.29, 1.82) is 0 Å². The third-order valence-electron chi connectivity index (χ3n) is 3.24. The maximum atomic E-state index is 11.1. The topological polar surface area (TPSA) is 66.8 Å². The Labute approximate surface area is 122 Å². The van der Waals surface area contributed by atoms with Crippen LogP contribution in [0.1, 0.15) is 15.9 Å². The van der Waals surface area contributed by atoms with Crippen molar-refractivity contribution in [3.8, 4) is 22.6 Å². The highest BCUT2D eigenvalue weighted by molar-refractivity contribution is 5.94. The summed E-state index contributed by atoms with van der Waals surface area (Å²) in [6, 6.07) is 10.7. The molecule has 0 saturated carbocycles. The van der Waals surface area contributed by atoms with Crippen LogP contribution >= 0.6 is 0 Å². The molecule has 4 nitrogen and oxygen atoms in total. The van der Waals surface area contributed by atoms with Gasteiger partial charge in [0.25, 0.3) is 0 Å². The van der Waals surface area contributed by atoms with Crippen LogP contribution in [-0.4, -0.2) is 23.3 Å². The predicted octanol–water partition coefficient (Wildman–Crippen LogP) is 3.49. The SMILES string of the molecule is C=CCc1ccccc1-c1ccc(C(=O)O)c(O)c1OC. The third-order valence-corrected chi connectivity index (χ3v) is 3.24. The maximum Gasteiger partial charge on any atom is 0.339 e. The summed E-state index contributed by atoms with van der Waals surface area (Å²) >= 11 is 0. The van der Waals surface area contributed by atoms with E-state index in [9.17, 15) is 9.90 Å². The van der Waals surface area contributed by atoms with Crippen molar-refractivity contribution in [3.05, 3.63) is 60.2 Å². The van der Waals surface area contributed by atoms with Gasteiger partial charge in [0.15, 0.2) is 11.5 Å². The quantitative estimate of drug-likeness (QED) is 0.825. The fourth-order valence-electron chi connectivity index (χ4n) is 2.28. The molecule has 0 fully saturated rings. The second kappa shape index (κ2) is 6.13. The zero-order valence-corrected chi connectivity index (χ0v) is 11.7. The van der Waals surface area contributed by atoms with Gasteiger partial charge in [-0.2, -0.15) is 0 Å². The summed E-state index contributed by atoms with van der Waals surface area (Å²) in [5, 5.41) is 19.2. The molecular formula is C17H16O4. The molecule has 2 aromatic rings. The van der Waals surface area contributed by atoms with Crippen LogP contribution in [0.3, 0.4) is 0 Å². The fourth-order valence-corrected chi connectivity index (χ4v) is 2.28. The zero-order valence-electron chi connectivity index (χ0n) is 11.7. The Kier molecular flexibility index (Phi) is 4.28. The molecule has 0 aliphatic rings. The van der Waals surface area contributed by atoms with Crippen LogP contribution in [0.25, 0.3) is 11.1 Å². The molecule has 0 aliphatic carbocycles. The first-order chi connectivity index (χ1) is 10.1. The van der Waals surface area contributed by atoms with E-state index in [1.807, 2.05) is 24.3 Å². The summed E-state index contributed by atoms with van der Waals surface area (Å²) in [6.07, 6.45) is 2.46. The molecule has 0 radical (unpaired) electrons. The van der Waals surface area contributed by atoms with Crippen molar-refractivity contribution in [1.82, 2.24) is 0 Å². The van der Waals surface area contributed by atoms with E-state index < -0.39 is 5.97 Å². The van der Waals surface area contributed by atoms with Crippen molar-refractivity contribution in [2.45, 2.75) is 6.42 Å². The molecule has 0 bridgehead atoms. The van der Waals surface area contributed by atoms with E-state index in [-0.39, 0.29) is 17.1 Å². The first kappa shape index (κ1) is 14.7. The molecule has 108 valence electrons. The number of carboxylic acid groups (broad SMARTS) is 1. The normalized spacial score (nSPS) is 10.1. The molecule has 0 aromatic heterocycles. The third kappa shape index (κ3) is 2.74. The van der Waals surface area contributed by atoms with Crippen molar-refractivity contribution in [3.63, 3.8) is 0 Å². The number of aromatic carboxylic acids is 1. The van der Waals surface area contributed by atoms with Gasteiger partial charge in [0, 0.05) is 5.56 Å². The summed E-state index contributed by atoms with van der Waals surface area (Å²) in [5.41, 5.74) is 2.36. The molecule has 2 N–H and O–H groups in total. The first-order valence-electron chi connectivity index (χ1n) is 6.42. The minimum absolute atomic E-state index is 0.159. The van der Waals surface area contributed by atoms with Crippen molar-refractivity contribution >= 4 is 5.97 Å². The van der Waals surface area contributed by atoms with Gasteiger partial charge in [0.2, 0.25) is 0 Å². The number of aromatic hydroxyl groups is 1. The van der Waals surface area contributed by atoms with Crippen LogP contribution in [0, 0.1) is 0 Å². The summed E-state index contributed by atoms with van der Waals surface area (Å²) in [4.78, 5) is 11.1. The van der Waals surface area contributed by atoms with E-state index in [2.05, 4.69) is 6.58 Å². The highest BCUT2D eigenvalue weighted by Gasteiger charge is 2.19. The Morgan fingerprint density at radius 1 is 1.24 bits per heavy atom. The highest BCUT2D eigenvalue weighted by atomic mass is 16.5. The van der Waals surface area contributed by atoms with Gasteiger partial charge in [-0.05, 0) is 29.7 Å². The number of benzene rings is 2. The number of carboxylic acids is 1. The number of rotatable bonds is 5. The minimum atomic E-state index is -1.20. The van der Waals surface area contributed by atoms with E-state index in [0.717, 1.165) is 11.1 Å². The van der Waals surface area contributed by atoms with E-state index in [4.69, 9.17) is 9.84 Å². The highest BCUT2D eigenvalue weighted by Crippen LogP contribution is 2.41. The molecule has 2 aromatic carbocycles. The maximum absolute atomic E-state index is 11.1. The fraction of sp³-hybridized carbons (Fsp3) is 0.118. The Morgan fingerprint density at radius 2 is 1.95 bits per heavy atom. The number of hydrogen-bond acceptors (Lipinski definition) is 3. The molecule has 0 amide bonds. The molecule has 21 heavy (non-hydrogen) atoms. The number of carbonyl (C=O) groups is 1. The lowest BCUT2D eigenvalue weighted by atomic mass is 9.95. The standard InChI is InChI=1S/C17H16O4/c1-3-6-11-7-4-5-8-12(11)13-9-10-14(17(19)20)15(18)16(13)21-2/h3-5,7-10,18H,1,6H2,2H3,(H,19,20). The van der Waals surface area contributed by atoms with Crippen molar-refractivity contribution in [2.75, 3.05) is 7.11 Å². The summed E-state index contributed by atoms with van der Waals surface area (Å²) in [7, 11) is 1.40. The molecule has 4 heteroatoms. The van der Waals surface area contributed by atoms with Gasteiger partial charge in [-0.25, -0.2) is 4.79 Å². The molecule has 0 heterocycles. The number of allylic oxidation sites excluding steroid dienone is 1. The Balaban J connectivity index is 2.67. The second-order valence-electron chi connectivity index (χ2n) is 4.50. The van der Waals surface area contributed by atoms with Gasteiger partial charge in [0.1, 0.15) is 5.56 Å². The Hall–Kier alpha value is -2.75. The molecule has 0 saturated heterocycles. The summed E-state index contributed by atoms with van der Waals surface area (Å²) in [5.74, 6) is -1.40. The zero-order chi connectivity index (χ0) is 15.4. The van der Waals surface area contributed by atoms with E-state index in [1.54, 1.807) is 12.1 Å². The van der Waals surface area contributed by atoms with Crippen LogP contribution in [-0.2, 0) is 6.42 Å². The summed E-state index contributed by atoms with van der Waals surface area (Å²) < 4.78 is 5.22. The van der Waals surface area contributed by atoms with Crippen LogP contribution < -0.4 is 4.74 Å². The van der Waals surface area contributed by atoms with Gasteiger partial charge >= 0.3 is 5.97 Å². The van der Waals surface area contributed by atoms with Gasteiger partial charge in [0.05, 0.1) is 7.11 Å². The van der Waals surface area contributed by atoms with Gasteiger partial charge in [-0.1, -0.05) is 30.3 Å². The second-order valence-corrected chi connectivity index (χ2v) is 4.50. The minimum Gasteiger partial charge on any atom is -0.504 e. The van der Waals surface area contributed by atoms with Gasteiger partial charge < -0.3 is 14.9 Å². The van der Waals surface area contributed by atoms with E-state index in [1.165, 1.54) is 13.2 Å². The number of phenols is 1. The van der Waals surface area contributed by atoms with E-state index in [0.29, 0.717) is 12.0 Å². The monoisotopic (exact) mass is 284 g/mol. The predicted molar refractivity (Wildman–Crippen MR) is 81.0 cm³/mol. The van der Waals surface area contributed by atoms with Crippen LogP contribution in [0.4, 0.5) is 0 Å². The lowest BCUT2D eigenvalue weighted by molar-refractivity contribution is 0.0693. The summed E-state index contributed by atoms with van der Waals surface area (Å²) in [6.45, 7) is 3.73. The average molecular weight is 284 g/mol. The van der Waals surface area contributed by atoms with Crippen molar-refractivity contribution < 1.29 is 19.7 Å². The van der Waals surface area contributed by atoms with Gasteiger partial charge in [-0.3, -0.25) is 0 Å². The number of methoxy groups -OCH3 is 1. The Morgan fingerprint density at radius 3 is 2.57 bits per heavy atom. The average Bonchev–Trinajstić information content (AvgIpc) is 2.47. The van der Waals surface area contributed by atoms with E-state index >= 15 is 0 Å². The molecule has 0 unspecified atom stereocenters. The molecule has 2 rings (SSSR count). The molecular weight excluding hydrogens is 268 g/mol. The first-order valence-corrected chi connectivity index (χ1v) is 6.42. The van der Waals surface area contributed by atoms with Gasteiger partial charge in [-0.15, -0.1) is 6.58 Å². The van der Waals surface area contributed by atoms with Crippen LogP contribution in [0.15, 0.2) is 49.1 Å². The van der Waals surface area contributed by atoms with Crippen LogP contribution in [0.2, 0.25) is 0 Å². The largest absolute Gasteiger partial charge is 0.504 e. The number of ether oxygens (including phenoxy) is 1. The molecule has 0 atom stereocenters. The Bertz CT molecular complexity index is 689. The van der Waals surface area contributed by atoms with Crippen LogP contribution in [0.5, 0.6) is 11.5 Å². The lowest BCUT2D eigenvalue weighted by Crippen LogP contribution is -2.00. The molecule has 0 aliphatic heterocycles. The van der Waals surface area contributed by atoms with Crippen molar-refractivity contribution in [2.24, 2.45) is 0 Å². The smallest absolute Gasteiger partial charge is 0.339 e. The number of hydrogen-bond donors (Lipinski definition) is 2.